The van der Waals surface area contributed by atoms with E-state index in [0.29, 0.717) is 26.2 Å². The van der Waals surface area contributed by atoms with Gasteiger partial charge in [0.05, 0.1) is 4.88 Å². The summed E-state index contributed by atoms with van der Waals surface area (Å²) in [6.45, 7) is 6.58. The van der Waals surface area contributed by atoms with Crippen molar-refractivity contribution in [3.05, 3.63) is 57.3 Å². The summed E-state index contributed by atoms with van der Waals surface area (Å²) in [6.07, 6.45) is 0.813. The van der Waals surface area contributed by atoms with Gasteiger partial charge in [-0.25, -0.2) is 0 Å². The van der Waals surface area contributed by atoms with Crippen molar-refractivity contribution < 1.29 is 9.59 Å². The first-order valence-electron chi connectivity index (χ1n) is 8.25. The maximum Gasteiger partial charge on any atom is 0.263 e. The molecule has 126 valence electrons. The minimum atomic E-state index is 0.0675. The van der Waals surface area contributed by atoms with Gasteiger partial charge < -0.3 is 9.80 Å². The third-order valence-electron chi connectivity index (χ3n) is 4.41. The maximum absolute atomic E-state index is 12.8. The second-order valence-electron chi connectivity index (χ2n) is 6.23. The fourth-order valence-corrected chi connectivity index (χ4v) is 3.79. The second-order valence-corrected chi connectivity index (χ2v) is 7.18. The van der Waals surface area contributed by atoms with E-state index in [4.69, 9.17) is 0 Å². The number of benzene rings is 1. The lowest BCUT2D eigenvalue weighted by Crippen LogP contribution is -2.37. The van der Waals surface area contributed by atoms with Crippen molar-refractivity contribution >= 4 is 23.2 Å². The Morgan fingerprint density at radius 1 is 0.958 bits per heavy atom. The molecule has 4 nitrogen and oxygen atoms in total. The number of nitrogens with zero attached hydrogens (tertiary/aromatic N) is 2. The number of rotatable bonds is 2. The third kappa shape index (κ3) is 3.51. The van der Waals surface area contributed by atoms with Gasteiger partial charge in [-0.3, -0.25) is 9.59 Å². The maximum atomic E-state index is 12.8. The van der Waals surface area contributed by atoms with E-state index >= 15 is 0 Å². The summed E-state index contributed by atoms with van der Waals surface area (Å²) in [5.74, 6) is 0.142. The second kappa shape index (κ2) is 7.18. The van der Waals surface area contributed by atoms with Gasteiger partial charge in [0, 0.05) is 31.7 Å². The van der Waals surface area contributed by atoms with Crippen LogP contribution in [0.3, 0.4) is 0 Å². The number of carbonyl (C=O) groups is 2. The smallest absolute Gasteiger partial charge is 0.263 e. The van der Waals surface area contributed by atoms with Crippen LogP contribution >= 0.6 is 11.3 Å². The van der Waals surface area contributed by atoms with Crippen LogP contribution in [0.15, 0.2) is 35.7 Å². The Kier molecular flexibility index (Phi) is 5.00. The lowest BCUT2D eigenvalue weighted by Gasteiger charge is -2.22. The van der Waals surface area contributed by atoms with Crippen molar-refractivity contribution in [2.75, 3.05) is 26.2 Å². The molecule has 3 rings (SSSR count). The quantitative estimate of drug-likeness (QED) is 0.840. The molecule has 1 aromatic heterocycles. The summed E-state index contributed by atoms with van der Waals surface area (Å²) in [5.41, 5.74) is 2.93. The monoisotopic (exact) mass is 342 g/mol. The number of thiophene rings is 1. The molecule has 0 radical (unpaired) electrons. The Labute approximate surface area is 146 Å². The van der Waals surface area contributed by atoms with Crippen LogP contribution in [0.2, 0.25) is 0 Å². The van der Waals surface area contributed by atoms with E-state index in [9.17, 15) is 9.59 Å². The van der Waals surface area contributed by atoms with Crippen LogP contribution in [0.25, 0.3) is 0 Å². The summed E-state index contributed by atoms with van der Waals surface area (Å²) < 4.78 is 0. The average Bonchev–Trinajstić information content (AvgIpc) is 2.98. The zero-order valence-electron chi connectivity index (χ0n) is 14.1. The lowest BCUT2D eigenvalue weighted by atomic mass is 10.0. The normalized spacial score (nSPS) is 15.2. The highest BCUT2D eigenvalue weighted by atomic mass is 32.1. The van der Waals surface area contributed by atoms with Gasteiger partial charge in [-0.05, 0) is 43.3 Å². The van der Waals surface area contributed by atoms with Crippen LogP contribution in [0.1, 0.15) is 37.6 Å². The number of amides is 2. The predicted molar refractivity (Wildman–Crippen MR) is 96.7 cm³/mol. The first-order chi connectivity index (χ1) is 11.6. The van der Waals surface area contributed by atoms with Gasteiger partial charge in [-0.1, -0.05) is 23.8 Å². The van der Waals surface area contributed by atoms with Crippen molar-refractivity contribution in [3.8, 4) is 0 Å². The van der Waals surface area contributed by atoms with E-state index < -0.39 is 0 Å². The molecule has 1 aliphatic heterocycles. The van der Waals surface area contributed by atoms with E-state index in [1.54, 1.807) is 0 Å². The number of hydrogen-bond acceptors (Lipinski definition) is 3. The van der Waals surface area contributed by atoms with Crippen LogP contribution < -0.4 is 0 Å². The van der Waals surface area contributed by atoms with Crippen molar-refractivity contribution in [1.29, 1.82) is 0 Å². The van der Waals surface area contributed by atoms with Gasteiger partial charge in [-0.15, -0.1) is 11.3 Å². The summed E-state index contributed by atoms with van der Waals surface area (Å²) in [5, 5.41) is 1.92. The molecule has 0 bridgehead atoms. The van der Waals surface area contributed by atoms with E-state index in [0.717, 1.165) is 28.0 Å². The van der Waals surface area contributed by atoms with Crippen LogP contribution in [0.5, 0.6) is 0 Å². The Bertz CT molecular complexity index is 740. The molecule has 2 heterocycles. The van der Waals surface area contributed by atoms with Gasteiger partial charge >= 0.3 is 0 Å². The number of carbonyl (C=O) groups excluding carboxylic acids is 2. The van der Waals surface area contributed by atoms with Crippen molar-refractivity contribution in [2.45, 2.75) is 20.3 Å². The van der Waals surface area contributed by atoms with Crippen LogP contribution in [0, 0.1) is 13.8 Å². The molecule has 1 saturated heterocycles. The number of aryl methyl sites for hydroxylation is 2. The largest absolute Gasteiger partial charge is 0.337 e. The highest BCUT2D eigenvalue weighted by Gasteiger charge is 2.24. The Hall–Kier alpha value is -2.14. The average molecular weight is 342 g/mol. The predicted octanol–water partition coefficient (Wildman–Crippen LogP) is 3.35. The molecule has 0 unspecified atom stereocenters. The van der Waals surface area contributed by atoms with Crippen molar-refractivity contribution in [1.82, 2.24) is 9.80 Å². The molecule has 1 fully saturated rings. The van der Waals surface area contributed by atoms with E-state index in [2.05, 4.69) is 0 Å². The molecule has 0 spiro atoms. The molecular formula is C19H22N2O2S. The van der Waals surface area contributed by atoms with Gasteiger partial charge in [0.1, 0.15) is 0 Å². The Balaban J connectivity index is 1.69. The SMILES string of the molecule is Cc1ccc(C(=O)N2CCCN(C(=O)c3cccs3)CC2)c(C)c1. The molecule has 5 heteroatoms. The Morgan fingerprint density at radius 2 is 1.67 bits per heavy atom. The van der Waals surface area contributed by atoms with Gasteiger partial charge in [0.2, 0.25) is 0 Å². The standard InChI is InChI=1S/C19H22N2O2S/c1-14-6-7-16(15(2)13-14)18(22)20-8-4-9-21(11-10-20)19(23)17-5-3-12-24-17/h3,5-7,12-13H,4,8-11H2,1-2H3. The molecule has 2 aromatic rings. The molecule has 1 aliphatic rings. The van der Waals surface area contributed by atoms with Gasteiger partial charge in [-0.2, -0.15) is 0 Å². The minimum Gasteiger partial charge on any atom is -0.337 e. The van der Waals surface area contributed by atoms with Crippen molar-refractivity contribution in [2.24, 2.45) is 0 Å². The van der Waals surface area contributed by atoms with E-state index in [1.165, 1.54) is 11.3 Å². The molecule has 24 heavy (non-hydrogen) atoms. The molecule has 0 aliphatic carbocycles. The highest BCUT2D eigenvalue weighted by Crippen LogP contribution is 2.17. The zero-order valence-corrected chi connectivity index (χ0v) is 14.9. The summed E-state index contributed by atoms with van der Waals surface area (Å²) in [4.78, 5) is 29.8. The molecule has 0 atom stereocenters. The topological polar surface area (TPSA) is 40.6 Å². The lowest BCUT2D eigenvalue weighted by molar-refractivity contribution is 0.0720. The van der Waals surface area contributed by atoms with Crippen LogP contribution in [-0.4, -0.2) is 47.8 Å². The first-order valence-corrected chi connectivity index (χ1v) is 9.13. The van der Waals surface area contributed by atoms with Gasteiger partial charge in [0.25, 0.3) is 11.8 Å². The third-order valence-corrected chi connectivity index (χ3v) is 5.27. The highest BCUT2D eigenvalue weighted by molar-refractivity contribution is 7.12. The zero-order chi connectivity index (χ0) is 17.1. The van der Waals surface area contributed by atoms with Crippen molar-refractivity contribution in [3.63, 3.8) is 0 Å². The van der Waals surface area contributed by atoms with E-state index in [1.807, 2.05) is 59.4 Å². The van der Waals surface area contributed by atoms with E-state index in [-0.39, 0.29) is 11.8 Å². The first kappa shape index (κ1) is 16.7. The molecule has 0 N–H and O–H groups in total. The number of hydrogen-bond donors (Lipinski definition) is 0. The van der Waals surface area contributed by atoms with Crippen LogP contribution in [-0.2, 0) is 0 Å². The summed E-state index contributed by atoms with van der Waals surface area (Å²) in [7, 11) is 0. The fraction of sp³-hybridized carbons (Fsp3) is 0.368. The van der Waals surface area contributed by atoms with Gasteiger partial charge in [0.15, 0.2) is 0 Å². The van der Waals surface area contributed by atoms with Crippen LogP contribution in [0.4, 0.5) is 0 Å². The Morgan fingerprint density at radius 3 is 2.29 bits per heavy atom. The molecular weight excluding hydrogens is 320 g/mol. The summed E-state index contributed by atoms with van der Waals surface area (Å²) >= 11 is 1.47. The summed E-state index contributed by atoms with van der Waals surface area (Å²) in [6, 6.07) is 9.68. The fourth-order valence-electron chi connectivity index (χ4n) is 3.10. The minimum absolute atomic E-state index is 0.0675. The molecule has 0 saturated carbocycles. The molecule has 1 aromatic carbocycles. The molecule has 2 amide bonds.